The highest BCUT2D eigenvalue weighted by Gasteiger charge is 1.95. The smallest absolute Gasteiger partial charge is 0.0572 e. The lowest BCUT2D eigenvalue weighted by Crippen LogP contribution is -1.90. The highest BCUT2D eigenvalue weighted by atomic mass is 14.7. The van der Waals surface area contributed by atoms with E-state index in [1.165, 1.54) is 5.57 Å². The third-order valence-corrected chi connectivity index (χ3v) is 1.52. The predicted molar refractivity (Wildman–Crippen MR) is 52.2 cm³/mol. The highest BCUT2D eigenvalue weighted by molar-refractivity contribution is 5.53. The molecule has 0 saturated heterocycles. The van der Waals surface area contributed by atoms with Gasteiger partial charge in [-0.05, 0) is 24.6 Å². The number of hydrogen-bond donors (Lipinski definition) is 0. The quantitative estimate of drug-likeness (QED) is 0.433. The summed E-state index contributed by atoms with van der Waals surface area (Å²) in [5.41, 5.74) is 1.27. The molecule has 1 heteroatoms. The first-order chi connectivity index (χ1) is 5.22. The number of hydrogen-bond acceptors (Lipinski definition) is 1. The van der Waals surface area contributed by atoms with Crippen molar-refractivity contribution in [2.24, 2.45) is 10.9 Å². The average Bonchev–Trinajstić information content (AvgIpc) is 1.97. The molecule has 0 aromatic rings. The summed E-state index contributed by atoms with van der Waals surface area (Å²) in [6.45, 7) is 10.8. The summed E-state index contributed by atoms with van der Waals surface area (Å²) in [5, 5.41) is 0. The minimum absolute atomic E-state index is 0.555. The second kappa shape index (κ2) is 5.90. The molecule has 0 atom stereocenters. The zero-order valence-electron chi connectivity index (χ0n) is 7.67. The Morgan fingerprint density at radius 3 is 2.55 bits per heavy atom. The molecule has 0 aromatic carbocycles. The van der Waals surface area contributed by atoms with Gasteiger partial charge >= 0.3 is 0 Å². The molecule has 0 spiro atoms. The lowest BCUT2D eigenvalue weighted by molar-refractivity contribution is 0.787. The third kappa shape index (κ3) is 4.54. The molecule has 0 aliphatic heterocycles. The molecular formula is C10H17N. The van der Waals surface area contributed by atoms with Gasteiger partial charge in [0, 0.05) is 0 Å². The lowest BCUT2D eigenvalue weighted by Gasteiger charge is -2.03. The van der Waals surface area contributed by atoms with E-state index in [-0.39, 0.29) is 0 Å². The first-order valence-corrected chi connectivity index (χ1v) is 3.99. The summed E-state index contributed by atoms with van der Waals surface area (Å²) >= 11 is 0. The van der Waals surface area contributed by atoms with Gasteiger partial charge < -0.3 is 0 Å². The highest BCUT2D eigenvalue weighted by Crippen LogP contribution is 2.09. The molecule has 62 valence electrons. The van der Waals surface area contributed by atoms with Crippen molar-refractivity contribution in [2.75, 3.05) is 6.54 Å². The van der Waals surface area contributed by atoms with Crippen LogP contribution in [0.5, 0.6) is 0 Å². The van der Waals surface area contributed by atoms with Crippen LogP contribution < -0.4 is 0 Å². The fraction of sp³-hybridized carbons (Fsp3) is 0.500. The van der Waals surface area contributed by atoms with E-state index in [1.807, 2.05) is 19.2 Å². The van der Waals surface area contributed by atoms with Crippen molar-refractivity contribution in [3.8, 4) is 0 Å². The number of aliphatic imine (C=N–C) groups is 1. The van der Waals surface area contributed by atoms with Crippen LogP contribution in [0, 0.1) is 5.92 Å². The molecule has 0 aliphatic rings. The van der Waals surface area contributed by atoms with Crippen molar-refractivity contribution in [1.29, 1.82) is 0 Å². The summed E-state index contributed by atoms with van der Waals surface area (Å²) in [6.07, 6.45) is 5.82. The SMILES string of the molecule is C=C/C(=C/CN=CC)C(C)C. The summed E-state index contributed by atoms with van der Waals surface area (Å²) in [7, 11) is 0. The van der Waals surface area contributed by atoms with E-state index in [1.54, 1.807) is 0 Å². The van der Waals surface area contributed by atoms with Crippen LogP contribution in [0.2, 0.25) is 0 Å². The normalized spacial score (nSPS) is 12.9. The number of allylic oxidation sites excluding steroid dienone is 2. The van der Waals surface area contributed by atoms with E-state index in [9.17, 15) is 0 Å². The topological polar surface area (TPSA) is 12.4 Å². The Morgan fingerprint density at radius 2 is 2.18 bits per heavy atom. The van der Waals surface area contributed by atoms with E-state index in [4.69, 9.17) is 0 Å². The second-order valence-corrected chi connectivity index (χ2v) is 2.69. The molecule has 0 bridgehead atoms. The van der Waals surface area contributed by atoms with Crippen LogP contribution in [0.4, 0.5) is 0 Å². The average molecular weight is 151 g/mol. The van der Waals surface area contributed by atoms with Gasteiger partial charge in [-0.2, -0.15) is 0 Å². The van der Waals surface area contributed by atoms with Crippen LogP contribution in [0.3, 0.4) is 0 Å². The molecule has 0 amide bonds. The Labute approximate surface area is 69.5 Å². The van der Waals surface area contributed by atoms with Crippen molar-refractivity contribution >= 4 is 6.21 Å². The zero-order valence-corrected chi connectivity index (χ0v) is 7.67. The molecule has 0 aromatic heterocycles. The van der Waals surface area contributed by atoms with Gasteiger partial charge in [0.05, 0.1) is 6.54 Å². The van der Waals surface area contributed by atoms with Crippen LogP contribution in [-0.2, 0) is 0 Å². The fourth-order valence-electron chi connectivity index (χ4n) is 0.818. The summed E-state index contributed by atoms with van der Waals surface area (Å²) < 4.78 is 0. The van der Waals surface area contributed by atoms with Crippen LogP contribution in [0.15, 0.2) is 29.3 Å². The molecular weight excluding hydrogens is 134 g/mol. The largest absolute Gasteiger partial charge is 0.294 e. The maximum atomic E-state index is 4.09. The maximum absolute atomic E-state index is 4.09. The molecule has 0 rings (SSSR count). The van der Waals surface area contributed by atoms with Crippen LogP contribution in [-0.4, -0.2) is 12.8 Å². The van der Waals surface area contributed by atoms with E-state index >= 15 is 0 Å². The number of rotatable bonds is 4. The second-order valence-electron chi connectivity index (χ2n) is 2.69. The first-order valence-electron chi connectivity index (χ1n) is 3.99. The summed E-state index contributed by atoms with van der Waals surface area (Å²) in [4.78, 5) is 4.09. The lowest BCUT2D eigenvalue weighted by atomic mass is 10.0. The van der Waals surface area contributed by atoms with Crippen molar-refractivity contribution < 1.29 is 0 Å². The number of nitrogens with zero attached hydrogens (tertiary/aromatic N) is 1. The summed E-state index contributed by atoms with van der Waals surface area (Å²) in [5.74, 6) is 0.555. The zero-order chi connectivity index (χ0) is 8.69. The minimum Gasteiger partial charge on any atom is -0.294 e. The Kier molecular flexibility index (Phi) is 5.44. The monoisotopic (exact) mass is 151 g/mol. The van der Waals surface area contributed by atoms with E-state index < -0.39 is 0 Å². The Morgan fingerprint density at radius 1 is 1.55 bits per heavy atom. The first kappa shape index (κ1) is 10.2. The van der Waals surface area contributed by atoms with Crippen LogP contribution in [0.1, 0.15) is 20.8 Å². The van der Waals surface area contributed by atoms with Crippen molar-refractivity contribution in [1.82, 2.24) is 0 Å². The van der Waals surface area contributed by atoms with E-state index in [0.29, 0.717) is 5.92 Å². The standard InChI is InChI=1S/C10H17N/c1-5-10(9(3)4)7-8-11-6-2/h5-7,9H,1,8H2,2-4H3/b10-7-,11-6?. The van der Waals surface area contributed by atoms with Gasteiger partial charge in [0.1, 0.15) is 0 Å². The van der Waals surface area contributed by atoms with E-state index in [0.717, 1.165) is 6.54 Å². The molecule has 0 N–H and O–H groups in total. The van der Waals surface area contributed by atoms with Crippen molar-refractivity contribution in [3.63, 3.8) is 0 Å². The molecule has 0 heterocycles. The maximum Gasteiger partial charge on any atom is 0.0572 e. The van der Waals surface area contributed by atoms with Gasteiger partial charge in [-0.15, -0.1) is 0 Å². The Balaban J connectivity index is 4.01. The Bertz CT molecular complexity index is 164. The van der Waals surface area contributed by atoms with Crippen LogP contribution in [0.25, 0.3) is 0 Å². The van der Waals surface area contributed by atoms with Gasteiger partial charge in [-0.1, -0.05) is 32.6 Å². The fourth-order valence-corrected chi connectivity index (χ4v) is 0.818. The van der Waals surface area contributed by atoms with Crippen LogP contribution >= 0.6 is 0 Å². The molecule has 0 saturated carbocycles. The summed E-state index contributed by atoms with van der Waals surface area (Å²) in [6, 6.07) is 0. The van der Waals surface area contributed by atoms with Gasteiger partial charge in [-0.25, -0.2) is 0 Å². The van der Waals surface area contributed by atoms with Gasteiger partial charge in [0.2, 0.25) is 0 Å². The minimum atomic E-state index is 0.555. The molecule has 1 nitrogen and oxygen atoms in total. The van der Waals surface area contributed by atoms with Crippen molar-refractivity contribution in [2.45, 2.75) is 20.8 Å². The molecule has 11 heavy (non-hydrogen) atoms. The molecule has 0 radical (unpaired) electrons. The van der Waals surface area contributed by atoms with Crippen molar-refractivity contribution in [3.05, 3.63) is 24.3 Å². The molecule has 0 unspecified atom stereocenters. The molecule has 0 fully saturated rings. The predicted octanol–water partition coefficient (Wildman–Crippen LogP) is 2.85. The van der Waals surface area contributed by atoms with E-state index in [2.05, 4.69) is 31.5 Å². The van der Waals surface area contributed by atoms with Gasteiger partial charge in [-0.3, -0.25) is 4.99 Å². The molecule has 0 aliphatic carbocycles. The Hall–Kier alpha value is -0.850. The van der Waals surface area contributed by atoms with Gasteiger partial charge in [0.25, 0.3) is 0 Å². The van der Waals surface area contributed by atoms with Gasteiger partial charge in [0.15, 0.2) is 0 Å². The third-order valence-electron chi connectivity index (χ3n) is 1.52.